The Balaban J connectivity index is 1.78. The van der Waals surface area contributed by atoms with Gasteiger partial charge in [-0.2, -0.15) is 31.4 Å². The summed E-state index contributed by atoms with van der Waals surface area (Å²) in [4.78, 5) is 38.1. The topological polar surface area (TPSA) is 152 Å². The van der Waals surface area contributed by atoms with Crippen LogP contribution >= 0.6 is 0 Å². The first kappa shape index (κ1) is 34.1. The van der Waals surface area contributed by atoms with Crippen molar-refractivity contribution in [2.45, 2.75) is 77.9 Å². The Bertz CT molecular complexity index is 1410. The first-order valence-corrected chi connectivity index (χ1v) is 13.3. The standard InChI is InChI=1S/C27H30F6N6O5/c1-5-6-7-17(21(40)22(41)36-19-8-9-34-37-19)35-24(42)43-18(25(2,3)4)13-20-38-39-23(44-20)14-10-15(26(28,29)30)12-16(11-14)27(31,32)33/h8-12,17-18H,5-7,13H2,1-4H3,(H,35,42)(H2,34,36,37,41)/t17-,18+/m0/s1. The first-order valence-electron chi connectivity index (χ1n) is 13.3. The van der Waals surface area contributed by atoms with Crippen LogP contribution in [0, 0.1) is 5.41 Å². The van der Waals surface area contributed by atoms with Crippen LogP contribution in [-0.2, 0) is 33.1 Å². The molecule has 0 unspecified atom stereocenters. The summed E-state index contributed by atoms with van der Waals surface area (Å²) in [6.07, 6.45) is -9.86. The average Bonchev–Trinajstić information content (AvgIpc) is 3.61. The molecule has 3 aromatic rings. The van der Waals surface area contributed by atoms with Gasteiger partial charge in [0.1, 0.15) is 18.0 Å². The van der Waals surface area contributed by atoms with E-state index in [9.17, 15) is 40.7 Å². The highest BCUT2D eigenvalue weighted by Crippen LogP contribution is 2.38. The number of alkyl halides is 6. The van der Waals surface area contributed by atoms with Gasteiger partial charge < -0.3 is 19.8 Å². The van der Waals surface area contributed by atoms with E-state index in [1.165, 1.54) is 12.3 Å². The van der Waals surface area contributed by atoms with Gasteiger partial charge in [-0.1, -0.05) is 40.5 Å². The van der Waals surface area contributed by atoms with Crippen molar-refractivity contribution in [3.05, 3.63) is 47.5 Å². The van der Waals surface area contributed by atoms with E-state index in [1.54, 1.807) is 20.8 Å². The summed E-state index contributed by atoms with van der Waals surface area (Å²) < 4.78 is 90.6. The number of carbonyl (C=O) groups excluding carboxylic acids is 3. The lowest BCUT2D eigenvalue weighted by Crippen LogP contribution is -2.47. The van der Waals surface area contributed by atoms with Gasteiger partial charge in [-0.3, -0.25) is 14.7 Å². The quantitative estimate of drug-likeness (QED) is 0.173. The molecular weight excluding hydrogens is 602 g/mol. The van der Waals surface area contributed by atoms with E-state index in [0.717, 1.165) is 0 Å². The lowest BCUT2D eigenvalue weighted by atomic mass is 9.87. The van der Waals surface area contributed by atoms with Gasteiger partial charge >= 0.3 is 18.4 Å². The van der Waals surface area contributed by atoms with E-state index in [0.29, 0.717) is 25.0 Å². The van der Waals surface area contributed by atoms with Gasteiger partial charge in [0.15, 0.2) is 0 Å². The maximum atomic E-state index is 13.3. The average molecular weight is 633 g/mol. The number of unbranched alkanes of at least 4 members (excludes halogenated alkanes) is 1. The van der Waals surface area contributed by atoms with Crippen LogP contribution in [0.1, 0.15) is 64.0 Å². The Labute approximate surface area is 247 Å². The number of aromatic amines is 1. The monoisotopic (exact) mass is 632 g/mol. The molecule has 2 aromatic heterocycles. The second kappa shape index (κ2) is 13.5. The van der Waals surface area contributed by atoms with E-state index in [1.807, 2.05) is 6.92 Å². The van der Waals surface area contributed by atoms with Crippen LogP contribution < -0.4 is 10.6 Å². The fourth-order valence-electron chi connectivity index (χ4n) is 3.86. The number of ether oxygens (including phenoxy) is 1. The number of Topliss-reactive ketones (excluding diaryl/α,β-unsaturated/α-hetero) is 1. The molecule has 0 saturated carbocycles. The third-order valence-electron chi connectivity index (χ3n) is 6.30. The van der Waals surface area contributed by atoms with Gasteiger partial charge in [0.05, 0.1) is 23.7 Å². The summed E-state index contributed by atoms with van der Waals surface area (Å²) in [5, 5.41) is 18.2. The third-order valence-corrected chi connectivity index (χ3v) is 6.30. The number of alkyl carbamates (subject to hydrolysis) is 1. The van der Waals surface area contributed by atoms with Crippen LogP contribution in [0.3, 0.4) is 0 Å². The minimum Gasteiger partial charge on any atom is -0.445 e. The number of nitrogens with zero attached hydrogens (tertiary/aromatic N) is 3. The zero-order valence-corrected chi connectivity index (χ0v) is 24.0. The molecule has 0 saturated heterocycles. The molecule has 0 spiro atoms. The van der Waals surface area contributed by atoms with Crippen molar-refractivity contribution in [2.24, 2.45) is 5.41 Å². The Morgan fingerprint density at radius 2 is 1.64 bits per heavy atom. The maximum absolute atomic E-state index is 13.3. The van der Waals surface area contributed by atoms with Crippen LogP contribution in [0.2, 0.25) is 0 Å². The van der Waals surface area contributed by atoms with Crippen LogP contribution in [0.4, 0.5) is 37.0 Å². The molecule has 2 atom stereocenters. The molecule has 0 aliphatic rings. The number of H-pyrrole nitrogens is 1. The number of nitrogens with one attached hydrogen (secondary N) is 3. The predicted octanol–water partition coefficient (Wildman–Crippen LogP) is 5.95. The molecule has 11 nitrogen and oxygen atoms in total. The van der Waals surface area contributed by atoms with Crippen molar-refractivity contribution in [3.63, 3.8) is 0 Å². The summed E-state index contributed by atoms with van der Waals surface area (Å²) in [5.74, 6) is -2.60. The SMILES string of the molecule is CCCC[C@H](NC(=O)O[C@H](Cc1nnc(-c2cc(C(F)(F)F)cc(C(F)(F)F)c2)o1)C(C)(C)C)C(=O)C(=O)Nc1ccn[nH]1. The molecule has 2 heterocycles. The molecule has 0 aliphatic carbocycles. The molecule has 0 radical (unpaired) electrons. The second-order valence-corrected chi connectivity index (χ2v) is 10.9. The van der Waals surface area contributed by atoms with E-state index in [2.05, 4.69) is 31.0 Å². The Hall–Kier alpha value is -4.44. The van der Waals surface area contributed by atoms with Crippen LogP contribution in [-0.4, -0.2) is 50.3 Å². The smallest absolute Gasteiger partial charge is 0.416 e. The number of rotatable bonds is 11. The summed E-state index contributed by atoms with van der Waals surface area (Å²) in [6, 6.07) is 1.07. The number of halogens is 6. The molecule has 3 rings (SSSR count). The van der Waals surface area contributed by atoms with Gasteiger partial charge in [0, 0.05) is 11.6 Å². The Morgan fingerprint density at radius 3 is 2.16 bits per heavy atom. The maximum Gasteiger partial charge on any atom is 0.416 e. The highest BCUT2D eigenvalue weighted by Gasteiger charge is 2.38. The predicted molar refractivity (Wildman–Crippen MR) is 142 cm³/mol. The van der Waals surface area contributed by atoms with Gasteiger partial charge in [-0.15, -0.1) is 10.2 Å². The molecule has 44 heavy (non-hydrogen) atoms. The molecule has 0 aliphatic heterocycles. The van der Waals surface area contributed by atoms with Crippen molar-refractivity contribution < 1.29 is 49.9 Å². The fourth-order valence-corrected chi connectivity index (χ4v) is 3.86. The normalized spacial score (nSPS) is 13.7. The van der Waals surface area contributed by atoms with E-state index >= 15 is 0 Å². The fraction of sp³-hybridized carbons (Fsp3) is 0.481. The van der Waals surface area contributed by atoms with Crippen LogP contribution in [0.25, 0.3) is 11.5 Å². The zero-order chi connectivity index (χ0) is 32.9. The zero-order valence-electron chi connectivity index (χ0n) is 24.0. The minimum atomic E-state index is -5.08. The second-order valence-electron chi connectivity index (χ2n) is 10.9. The minimum absolute atomic E-state index is 0.0255. The van der Waals surface area contributed by atoms with E-state index in [4.69, 9.17) is 9.15 Å². The van der Waals surface area contributed by atoms with Crippen LogP contribution in [0.15, 0.2) is 34.9 Å². The molecule has 0 fully saturated rings. The van der Waals surface area contributed by atoms with Gasteiger partial charge in [0.2, 0.25) is 17.6 Å². The summed E-state index contributed by atoms with van der Waals surface area (Å²) in [6.45, 7) is 6.90. The van der Waals surface area contributed by atoms with Crippen molar-refractivity contribution in [3.8, 4) is 11.5 Å². The summed E-state index contributed by atoms with van der Waals surface area (Å²) in [7, 11) is 0. The number of amides is 2. The first-order chi connectivity index (χ1) is 20.4. The molecule has 17 heteroatoms. The van der Waals surface area contributed by atoms with Crippen molar-refractivity contribution in [2.75, 3.05) is 5.32 Å². The highest BCUT2D eigenvalue weighted by molar-refractivity contribution is 6.42. The molecular formula is C27H30F6N6O5. The molecule has 2 amide bonds. The number of aromatic nitrogens is 4. The van der Waals surface area contributed by atoms with Crippen molar-refractivity contribution in [1.29, 1.82) is 0 Å². The Kier molecular flexibility index (Phi) is 10.4. The number of hydrogen-bond acceptors (Lipinski definition) is 8. The molecule has 3 N–H and O–H groups in total. The number of ketones is 1. The number of benzene rings is 1. The third kappa shape index (κ3) is 9.28. The highest BCUT2D eigenvalue weighted by atomic mass is 19.4. The molecule has 0 bridgehead atoms. The number of anilines is 1. The van der Waals surface area contributed by atoms with E-state index < -0.39 is 70.3 Å². The molecule has 240 valence electrons. The van der Waals surface area contributed by atoms with E-state index in [-0.39, 0.29) is 30.6 Å². The number of carbonyl (C=O) groups is 3. The lowest BCUT2D eigenvalue weighted by molar-refractivity contribution is -0.143. The van der Waals surface area contributed by atoms with Gasteiger partial charge in [0.25, 0.3) is 5.91 Å². The van der Waals surface area contributed by atoms with Gasteiger partial charge in [-0.05, 0) is 30.0 Å². The van der Waals surface area contributed by atoms with Crippen LogP contribution in [0.5, 0.6) is 0 Å². The summed E-state index contributed by atoms with van der Waals surface area (Å²) >= 11 is 0. The number of hydrogen-bond donors (Lipinski definition) is 3. The largest absolute Gasteiger partial charge is 0.445 e. The molecule has 1 aromatic carbocycles. The van der Waals surface area contributed by atoms with Crippen molar-refractivity contribution in [1.82, 2.24) is 25.7 Å². The lowest BCUT2D eigenvalue weighted by Gasteiger charge is -2.30. The van der Waals surface area contributed by atoms with Crippen molar-refractivity contribution >= 4 is 23.6 Å². The van der Waals surface area contributed by atoms with Gasteiger partial charge in [-0.25, -0.2) is 4.79 Å². The Morgan fingerprint density at radius 1 is 1.00 bits per heavy atom. The summed E-state index contributed by atoms with van der Waals surface area (Å²) in [5.41, 5.74) is -4.52.